The second-order valence-electron chi connectivity index (χ2n) is 3.53. The molecule has 0 aliphatic carbocycles. The van der Waals surface area contributed by atoms with Crippen LogP contribution >= 0.6 is 0 Å². The Bertz CT molecular complexity index is 248. The smallest absolute Gasteiger partial charge is 0.0700 e. The van der Waals surface area contributed by atoms with Gasteiger partial charge in [0.1, 0.15) is 0 Å². The summed E-state index contributed by atoms with van der Waals surface area (Å²) in [6.07, 6.45) is 0.0696. The molecule has 14 heavy (non-hydrogen) atoms. The summed E-state index contributed by atoms with van der Waals surface area (Å²) in [5.41, 5.74) is 7.23. The van der Waals surface area contributed by atoms with Crippen molar-refractivity contribution in [2.24, 2.45) is 5.73 Å². The first-order chi connectivity index (χ1) is 6.74. The van der Waals surface area contributed by atoms with E-state index in [1.807, 2.05) is 32.3 Å². The van der Waals surface area contributed by atoms with Gasteiger partial charge in [-0.05, 0) is 19.7 Å². The van der Waals surface area contributed by atoms with Crippen molar-refractivity contribution in [3.63, 3.8) is 0 Å². The van der Waals surface area contributed by atoms with Gasteiger partial charge in [-0.1, -0.05) is 30.3 Å². The Morgan fingerprint density at radius 3 is 2.57 bits per heavy atom. The third-order valence-electron chi connectivity index (χ3n) is 2.25. The Hall–Kier alpha value is -0.900. The van der Waals surface area contributed by atoms with E-state index in [1.165, 1.54) is 5.56 Å². The summed E-state index contributed by atoms with van der Waals surface area (Å²) in [4.78, 5) is 2.13. The molecular formula is C11H19N3. The number of nitrogens with zero attached hydrogens (tertiary/aromatic N) is 1. The highest BCUT2D eigenvalue weighted by Crippen LogP contribution is 2.03. The van der Waals surface area contributed by atoms with E-state index in [-0.39, 0.29) is 6.17 Å². The molecule has 0 bridgehead atoms. The van der Waals surface area contributed by atoms with Crippen molar-refractivity contribution in [1.29, 1.82) is 0 Å². The van der Waals surface area contributed by atoms with Crippen LogP contribution in [-0.2, 0) is 6.54 Å². The zero-order valence-electron chi connectivity index (χ0n) is 8.90. The predicted octanol–water partition coefficient (Wildman–Crippen LogP) is 0.623. The Morgan fingerprint density at radius 2 is 2.00 bits per heavy atom. The summed E-state index contributed by atoms with van der Waals surface area (Å²) in [6, 6.07) is 10.3. The van der Waals surface area contributed by atoms with Gasteiger partial charge in [-0.2, -0.15) is 0 Å². The van der Waals surface area contributed by atoms with Crippen molar-refractivity contribution < 1.29 is 0 Å². The Labute approximate surface area is 85.9 Å². The van der Waals surface area contributed by atoms with Gasteiger partial charge in [0.25, 0.3) is 0 Å². The second-order valence-corrected chi connectivity index (χ2v) is 3.53. The van der Waals surface area contributed by atoms with E-state index < -0.39 is 0 Å². The van der Waals surface area contributed by atoms with Gasteiger partial charge in [-0.15, -0.1) is 0 Å². The Balaban J connectivity index is 2.44. The van der Waals surface area contributed by atoms with Crippen molar-refractivity contribution in [1.82, 2.24) is 10.2 Å². The molecule has 1 rings (SSSR count). The molecule has 78 valence electrons. The van der Waals surface area contributed by atoms with E-state index in [2.05, 4.69) is 22.3 Å². The SMILES string of the molecule is CNCC(N)N(C)Cc1ccccc1. The van der Waals surface area contributed by atoms with Crippen LogP contribution in [0.1, 0.15) is 5.56 Å². The normalized spacial score (nSPS) is 13.1. The van der Waals surface area contributed by atoms with Crippen molar-refractivity contribution >= 4 is 0 Å². The molecule has 0 saturated carbocycles. The average molecular weight is 193 g/mol. The number of hydrogen-bond donors (Lipinski definition) is 2. The lowest BCUT2D eigenvalue weighted by molar-refractivity contribution is 0.235. The molecule has 0 saturated heterocycles. The first-order valence-corrected chi connectivity index (χ1v) is 4.88. The third-order valence-corrected chi connectivity index (χ3v) is 2.25. The van der Waals surface area contributed by atoms with Crippen molar-refractivity contribution in [3.8, 4) is 0 Å². The Morgan fingerprint density at radius 1 is 1.36 bits per heavy atom. The van der Waals surface area contributed by atoms with Gasteiger partial charge in [0.15, 0.2) is 0 Å². The first kappa shape index (κ1) is 11.2. The fraction of sp³-hybridized carbons (Fsp3) is 0.455. The van der Waals surface area contributed by atoms with Crippen LogP contribution in [-0.4, -0.2) is 31.7 Å². The average Bonchev–Trinajstić information content (AvgIpc) is 2.19. The summed E-state index contributed by atoms with van der Waals surface area (Å²) in [7, 11) is 3.95. The van der Waals surface area contributed by atoms with Crippen LogP contribution in [0.3, 0.4) is 0 Å². The molecule has 0 aliphatic rings. The number of rotatable bonds is 5. The van der Waals surface area contributed by atoms with Crippen LogP contribution in [0, 0.1) is 0 Å². The molecule has 0 radical (unpaired) electrons. The quantitative estimate of drug-likeness (QED) is 0.674. The van der Waals surface area contributed by atoms with E-state index in [0.29, 0.717) is 0 Å². The third kappa shape index (κ3) is 3.46. The van der Waals surface area contributed by atoms with Crippen LogP contribution in [0.25, 0.3) is 0 Å². The number of nitrogens with two attached hydrogens (primary N) is 1. The summed E-state index contributed by atoms with van der Waals surface area (Å²) in [5.74, 6) is 0. The standard InChI is InChI=1S/C11H19N3/c1-13-8-11(12)14(2)9-10-6-4-3-5-7-10/h3-7,11,13H,8-9,12H2,1-2H3. The van der Waals surface area contributed by atoms with Gasteiger partial charge in [0.2, 0.25) is 0 Å². The van der Waals surface area contributed by atoms with Gasteiger partial charge in [0.05, 0.1) is 6.17 Å². The number of likely N-dealkylation sites (N-methyl/N-ethyl adjacent to an activating group) is 2. The topological polar surface area (TPSA) is 41.3 Å². The minimum Gasteiger partial charge on any atom is -0.317 e. The van der Waals surface area contributed by atoms with Crippen LogP contribution in [0.4, 0.5) is 0 Å². The molecule has 3 N–H and O–H groups in total. The molecule has 1 aromatic carbocycles. The monoisotopic (exact) mass is 193 g/mol. The molecule has 3 heteroatoms. The summed E-state index contributed by atoms with van der Waals surface area (Å²) < 4.78 is 0. The Kier molecular flexibility index (Phi) is 4.59. The van der Waals surface area contributed by atoms with E-state index in [4.69, 9.17) is 5.73 Å². The number of benzene rings is 1. The van der Waals surface area contributed by atoms with Crippen molar-refractivity contribution in [3.05, 3.63) is 35.9 Å². The van der Waals surface area contributed by atoms with Crippen LogP contribution in [0.2, 0.25) is 0 Å². The molecule has 0 fully saturated rings. The van der Waals surface area contributed by atoms with Crippen molar-refractivity contribution in [2.75, 3.05) is 20.6 Å². The molecule has 1 unspecified atom stereocenters. The minimum atomic E-state index is 0.0696. The summed E-state index contributed by atoms with van der Waals surface area (Å²) in [6.45, 7) is 1.70. The van der Waals surface area contributed by atoms with Gasteiger partial charge >= 0.3 is 0 Å². The zero-order valence-corrected chi connectivity index (χ0v) is 8.90. The molecule has 0 aromatic heterocycles. The van der Waals surface area contributed by atoms with Gasteiger partial charge in [-0.3, -0.25) is 4.90 Å². The molecule has 0 aliphatic heterocycles. The van der Waals surface area contributed by atoms with Crippen LogP contribution in [0.5, 0.6) is 0 Å². The molecule has 0 heterocycles. The van der Waals surface area contributed by atoms with Crippen LogP contribution < -0.4 is 11.1 Å². The van der Waals surface area contributed by atoms with Crippen molar-refractivity contribution in [2.45, 2.75) is 12.7 Å². The van der Waals surface area contributed by atoms with Gasteiger partial charge < -0.3 is 11.1 Å². The zero-order chi connectivity index (χ0) is 10.4. The lowest BCUT2D eigenvalue weighted by Crippen LogP contribution is -2.45. The molecule has 1 aromatic rings. The lowest BCUT2D eigenvalue weighted by Gasteiger charge is -2.24. The van der Waals surface area contributed by atoms with E-state index in [9.17, 15) is 0 Å². The molecule has 0 spiro atoms. The maximum atomic E-state index is 5.94. The highest BCUT2D eigenvalue weighted by atomic mass is 15.2. The van der Waals surface area contributed by atoms with E-state index >= 15 is 0 Å². The maximum Gasteiger partial charge on any atom is 0.0700 e. The minimum absolute atomic E-state index is 0.0696. The summed E-state index contributed by atoms with van der Waals surface area (Å²) in [5, 5.41) is 3.07. The van der Waals surface area contributed by atoms with E-state index in [1.54, 1.807) is 0 Å². The predicted molar refractivity (Wildman–Crippen MR) is 59.8 cm³/mol. The molecular weight excluding hydrogens is 174 g/mol. The molecule has 3 nitrogen and oxygen atoms in total. The highest BCUT2D eigenvalue weighted by Gasteiger charge is 2.07. The summed E-state index contributed by atoms with van der Waals surface area (Å²) >= 11 is 0. The fourth-order valence-electron chi connectivity index (χ4n) is 1.35. The molecule has 1 atom stereocenters. The maximum absolute atomic E-state index is 5.94. The second kappa shape index (κ2) is 5.75. The van der Waals surface area contributed by atoms with E-state index in [0.717, 1.165) is 13.1 Å². The largest absolute Gasteiger partial charge is 0.317 e. The lowest BCUT2D eigenvalue weighted by atomic mass is 10.2. The fourth-order valence-corrected chi connectivity index (χ4v) is 1.35. The van der Waals surface area contributed by atoms with Crippen LogP contribution in [0.15, 0.2) is 30.3 Å². The first-order valence-electron chi connectivity index (χ1n) is 4.88. The number of nitrogens with one attached hydrogen (secondary N) is 1. The highest BCUT2D eigenvalue weighted by molar-refractivity contribution is 5.14. The number of hydrogen-bond acceptors (Lipinski definition) is 3. The molecule has 0 amide bonds. The van der Waals surface area contributed by atoms with Gasteiger partial charge in [-0.25, -0.2) is 0 Å². The van der Waals surface area contributed by atoms with Gasteiger partial charge in [0, 0.05) is 13.1 Å².